The Kier molecular flexibility index (Phi) is 4.76. The smallest absolute Gasteiger partial charge is 0.326 e. The predicted octanol–water partition coefficient (Wildman–Crippen LogP) is -1.50. The summed E-state index contributed by atoms with van der Waals surface area (Å²) in [6, 6.07) is -0.705. The molecule has 0 bridgehead atoms. The maximum absolute atomic E-state index is 11.8. The Balaban J connectivity index is 2.15. The third kappa shape index (κ3) is 2.72. The number of amides is 3. The summed E-state index contributed by atoms with van der Waals surface area (Å²) in [6.45, 7) is -0.465. The van der Waals surface area contributed by atoms with Crippen molar-refractivity contribution in [2.24, 2.45) is 5.92 Å². The Morgan fingerprint density at radius 1 is 1.40 bits per heavy atom. The third-order valence-electron chi connectivity index (χ3n) is 3.35. The molecule has 2 aliphatic heterocycles. The van der Waals surface area contributed by atoms with Crippen molar-refractivity contribution in [1.29, 1.82) is 0 Å². The van der Waals surface area contributed by atoms with Crippen molar-refractivity contribution < 1.29 is 29.6 Å². The topological polar surface area (TPSA) is 119 Å². The van der Waals surface area contributed by atoms with Crippen molar-refractivity contribution in [2.75, 3.05) is 13.2 Å². The molecule has 3 amide bonds. The number of hydrogen-bond acceptors (Lipinski definition) is 6. The molecule has 9 heteroatoms. The predicted molar refractivity (Wildman–Crippen MR) is 69.6 cm³/mol. The summed E-state index contributed by atoms with van der Waals surface area (Å²) in [5.74, 6) is -1.04. The zero-order valence-corrected chi connectivity index (χ0v) is 11.9. The average molecular weight is 351 g/mol. The van der Waals surface area contributed by atoms with Crippen molar-refractivity contribution in [3.8, 4) is 0 Å². The lowest BCUT2D eigenvalue weighted by molar-refractivity contribution is -0.129. The van der Waals surface area contributed by atoms with Crippen LogP contribution in [0.2, 0.25) is 0 Å². The van der Waals surface area contributed by atoms with E-state index in [-0.39, 0.29) is 6.54 Å². The Morgan fingerprint density at radius 3 is 2.65 bits per heavy atom. The van der Waals surface area contributed by atoms with Crippen LogP contribution >= 0.6 is 15.9 Å². The molecule has 2 saturated heterocycles. The van der Waals surface area contributed by atoms with Gasteiger partial charge in [0.2, 0.25) is 5.91 Å². The van der Waals surface area contributed by atoms with Crippen LogP contribution in [0.15, 0.2) is 11.1 Å². The zero-order chi connectivity index (χ0) is 14.9. The van der Waals surface area contributed by atoms with Gasteiger partial charge in [0.25, 0.3) is 0 Å². The molecular weight excluding hydrogens is 336 g/mol. The molecule has 20 heavy (non-hydrogen) atoms. The van der Waals surface area contributed by atoms with Crippen molar-refractivity contribution in [1.82, 2.24) is 10.2 Å². The molecule has 0 radical (unpaired) electrons. The minimum absolute atomic E-state index is 0.0133. The van der Waals surface area contributed by atoms with Crippen molar-refractivity contribution in [3.63, 3.8) is 0 Å². The largest absolute Gasteiger partial charge is 0.394 e. The molecule has 0 aromatic rings. The van der Waals surface area contributed by atoms with Gasteiger partial charge >= 0.3 is 6.03 Å². The number of hydrogen-bond donors (Lipinski definition) is 4. The summed E-state index contributed by atoms with van der Waals surface area (Å²) in [5, 5.41) is 30.8. The highest BCUT2D eigenvalue weighted by molar-refractivity contribution is 9.11. The molecular formula is C11H15BrN2O6. The van der Waals surface area contributed by atoms with Crippen molar-refractivity contribution in [2.45, 2.75) is 24.5 Å². The second-order valence-electron chi connectivity index (χ2n) is 4.60. The van der Waals surface area contributed by atoms with E-state index < -0.39 is 49.0 Å². The molecule has 4 N–H and O–H groups in total. The summed E-state index contributed by atoms with van der Waals surface area (Å²) >= 11 is 3.06. The SMILES string of the molecule is O=C1NC(=O)N(C2OC(CO)C(O)C2O)CC1C=CBr. The third-order valence-corrected chi connectivity index (χ3v) is 3.66. The fourth-order valence-corrected chi connectivity index (χ4v) is 2.61. The highest BCUT2D eigenvalue weighted by Crippen LogP contribution is 2.26. The summed E-state index contributed by atoms with van der Waals surface area (Å²) in [6.07, 6.45) is -3.16. The van der Waals surface area contributed by atoms with Gasteiger partial charge in [0.05, 0.1) is 12.5 Å². The van der Waals surface area contributed by atoms with E-state index in [0.29, 0.717) is 0 Å². The average Bonchev–Trinajstić information content (AvgIpc) is 2.70. The first-order chi connectivity index (χ1) is 9.49. The fourth-order valence-electron chi connectivity index (χ4n) is 2.24. The highest BCUT2D eigenvalue weighted by Gasteiger charge is 2.48. The monoisotopic (exact) mass is 350 g/mol. The second-order valence-corrected chi connectivity index (χ2v) is 5.13. The van der Waals surface area contributed by atoms with E-state index in [0.717, 1.165) is 4.90 Å². The van der Waals surface area contributed by atoms with Gasteiger partial charge in [-0.1, -0.05) is 22.0 Å². The number of nitrogens with one attached hydrogen (secondary N) is 1. The molecule has 5 unspecified atom stereocenters. The molecule has 0 aromatic heterocycles. The Bertz CT molecular complexity index is 431. The molecule has 2 rings (SSSR count). The number of aliphatic hydroxyl groups excluding tert-OH is 3. The van der Waals surface area contributed by atoms with E-state index >= 15 is 0 Å². The van der Waals surface area contributed by atoms with Crippen LogP contribution in [0.3, 0.4) is 0 Å². The highest BCUT2D eigenvalue weighted by atomic mass is 79.9. The standard InChI is InChI=1S/C11H15BrN2O6/c12-2-1-5-3-14(11(19)13-9(5)18)10-8(17)7(16)6(4-15)20-10/h1-2,5-8,10,15-17H,3-4H2,(H,13,18,19). The number of urea groups is 1. The second kappa shape index (κ2) is 6.19. The Morgan fingerprint density at radius 2 is 2.10 bits per heavy atom. The summed E-state index contributed by atoms with van der Waals surface area (Å²) < 4.78 is 5.27. The number of rotatable bonds is 3. The molecule has 112 valence electrons. The van der Waals surface area contributed by atoms with Gasteiger partial charge in [-0.2, -0.15) is 0 Å². The first-order valence-corrected chi connectivity index (χ1v) is 6.92. The van der Waals surface area contributed by atoms with Crippen LogP contribution in [-0.4, -0.2) is 69.8 Å². The van der Waals surface area contributed by atoms with Crippen LogP contribution in [0.1, 0.15) is 0 Å². The van der Waals surface area contributed by atoms with E-state index in [1.807, 2.05) is 0 Å². The first-order valence-electron chi connectivity index (χ1n) is 6.00. The lowest BCUT2D eigenvalue weighted by Crippen LogP contribution is -2.59. The van der Waals surface area contributed by atoms with E-state index in [1.54, 1.807) is 6.08 Å². The lowest BCUT2D eigenvalue weighted by Gasteiger charge is -2.35. The Hall–Kier alpha value is -1.00. The number of imide groups is 1. The van der Waals surface area contributed by atoms with E-state index in [2.05, 4.69) is 21.2 Å². The zero-order valence-electron chi connectivity index (χ0n) is 10.3. The summed E-state index contributed by atoms with van der Waals surface area (Å²) in [5.41, 5.74) is 0. The first kappa shape index (κ1) is 15.4. The number of halogens is 1. The molecule has 5 atom stereocenters. The number of nitrogens with zero attached hydrogens (tertiary/aromatic N) is 1. The maximum Gasteiger partial charge on any atom is 0.326 e. The van der Waals surface area contributed by atoms with Crippen LogP contribution in [0.5, 0.6) is 0 Å². The van der Waals surface area contributed by atoms with Crippen LogP contribution in [0.4, 0.5) is 4.79 Å². The molecule has 2 fully saturated rings. The molecule has 0 aliphatic carbocycles. The Labute approximate surface area is 123 Å². The van der Waals surface area contributed by atoms with E-state index in [4.69, 9.17) is 9.84 Å². The van der Waals surface area contributed by atoms with Crippen LogP contribution in [-0.2, 0) is 9.53 Å². The maximum atomic E-state index is 11.8. The normalized spacial score (nSPS) is 38.6. The van der Waals surface area contributed by atoms with Crippen LogP contribution in [0.25, 0.3) is 0 Å². The quantitative estimate of drug-likeness (QED) is 0.492. The lowest BCUT2D eigenvalue weighted by atomic mass is 10.1. The number of aliphatic hydroxyl groups is 3. The van der Waals surface area contributed by atoms with Gasteiger partial charge in [0.1, 0.15) is 18.3 Å². The van der Waals surface area contributed by atoms with Gasteiger partial charge in [0, 0.05) is 6.54 Å². The van der Waals surface area contributed by atoms with Gasteiger partial charge in [0.15, 0.2) is 6.23 Å². The van der Waals surface area contributed by atoms with E-state index in [9.17, 15) is 19.8 Å². The fraction of sp³-hybridized carbons (Fsp3) is 0.636. The molecule has 0 saturated carbocycles. The number of carbonyl (C=O) groups is 2. The minimum Gasteiger partial charge on any atom is -0.394 e. The van der Waals surface area contributed by atoms with Gasteiger partial charge in [-0.15, -0.1) is 0 Å². The molecule has 2 heterocycles. The van der Waals surface area contributed by atoms with Crippen LogP contribution in [0, 0.1) is 5.92 Å². The van der Waals surface area contributed by atoms with Crippen molar-refractivity contribution >= 4 is 27.9 Å². The van der Waals surface area contributed by atoms with Gasteiger partial charge < -0.3 is 20.1 Å². The molecule has 8 nitrogen and oxygen atoms in total. The van der Waals surface area contributed by atoms with Gasteiger partial charge in [-0.05, 0) is 4.99 Å². The molecule has 0 aromatic carbocycles. The molecule has 2 aliphatic rings. The van der Waals surface area contributed by atoms with E-state index in [1.165, 1.54) is 4.99 Å². The molecule has 0 spiro atoms. The number of ether oxygens (including phenoxy) is 1. The van der Waals surface area contributed by atoms with Crippen molar-refractivity contribution in [3.05, 3.63) is 11.1 Å². The van der Waals surface area contributed by atoms with Crippen LogP contribution < -0.4 is 5.32 Å². The van der Waals surface area contributed by atoms with Gasteiger partial charge in [-0.3, -0.25) is 15.0 Å². The minimum atomic E-state index is -1.35. The summed E-state index contributed by atoms with van der Waals surface area (Å²) in [4.78, 5) is 26.0. The number of carbonyl (C=O) groups excluding carboxylic acids is 2. The van der Waals surface area contributed by atoms with Gasteiger partial charge in [-0.25, -0.2) is 4.79 Å². The summed E-state index contributed by atoms with van der Waals surface area (Å²) in [7, 11) is 0.